The van der Waals surface area contributed by atoms with Crippen molar-refractivity contribution in [1.82, 2.24) is 0 Å². The fraction of sp³-hybridized carbons (Fsp3) is 0.600. The first kappa shape index (κ1) is 16.3. The van der Waals surface area contributed by atoms with E-state index in [9.17, 15) is 0 Å². The molecule has 0 amide bonds. The summed E-state index contributed by atoms with van der Waals surface area (Å²) in [6.07, 6.45) is 2.68. The van der Waals surface area contributed by atoms with E-state index in [-0.39, 0.29) is 6.04 Å². The quantitative estimate of drug-likeness (QED) is 0.707. The van der Waals surface area contributed by atoms with Crippen LogP contribution in [0.1, 0.15) is 32.3 Å². The van der Waals surface area contributed by atoms with Gasteiger partial charge in [-0.2, -0.15) is 0 Å². The molecule has 0 fully saturated rings. The van der Waals surface area contributed by atoms with Crippen LogP contribution >= 0.6 is 11.6 Å². The van der Waals surface area contributed by atoms with Crippen LogP contribution in [0.25, 0.3) is 0 Å². The molecule has 1 aromatic carbocycles. The number of halogens is 1. The molecular weight excluding hydrogens is 262 g/mol. The van der Waals surface area contributed by atoms with Crippen LogP contribution in [-0.4, -0.2) is 25.9 Å². The van der Waals surface area contributed by atoms with E-state index in [1.54, 1.807) is 0 Å². The highest BCUT2D eigenvalue weighted by Crippen LogP contribution is 2.26. The molecule has 0 saturated carbocycles. The van der Waals surface area contributed by atoms with Gasteiger partial charge in [0.2, 0.25) is 0 Å². The molecule has 0 spiro atoms. The van der Waals surface area contributed by atoms with Crippen molar-refractivity contribution in [2.75, 3.05) is 19.8 Å². The topological polar surface area (TPSA) is 44.5 Å². The Morgan fingerprint density at radius 1 is 1.26 bits per heavy atom. The van der Waals surface area contributed by atoms with Gasteiger partial charge in [-0.1, -0.05) is 24.6 Å². The van der Waals surface area contributed by atoms with Crippen molar-refractivity contribution in [3.8, 4) is 5.75 Å². The fourth-order valence-corrected chi connectivity index (χ4v) is 1.98. The van der Waals surface area contributed by atoms with Gasteiger partial charge < -0.3 is 15.2 Å². The van der Waals surface area contributed by atoms with Crippen molar-refractivity contribution in [3.05, 3.63) is 28.8 Å². The molecule has 0 aliphatic rings. The van der Waals surface area contributed by atoms with E-state index in [0.29, 0.717) is 11.6 Å². The van der Waals surface area contributed by atoms with Gasteiger partial charge in [0, 0.05) is 25.7 Å². The molecule has 3 nitrogen and oxygen atoms in total. The van der Waals surface area contributed by atoms with Gasteiger partial charge in [-0.25, -0.2) is 0 Å². The summed E-state index contributed by atoms with van der Waals surface area (Å²) in [5, 5.41) is 0.650. The lowest BCUT2D eigenvalue weighted by molar-refractivity contribution is 0.131. The van der Waals surface area contributed by atoms with Crippen molar-refractivity contribution < 1.29 is 9.47 Å². The van der Waals surface area contributed by atoms with Gasteiger partial charge in [-0.3, -0.25) is 0 Å². The molecule has 1 aromatic rings. The maximum atomic E-state index is 6.20. The monoisotopic (exact) mass is 285 g/mol. The standard InChI is InChI=1S/C15H24ClNO2/c1-3-13(17)10-12-6-7-15(14(16)11-12)19-9-5-8-18-4-2/h6-7,11,13H,3-5,8-10,17H2,1-2H3. The molecule has 0 aliphatic heterocycles. The van der Waals surface area contributed by atoms with Crippen molar-refractivity contribution in [3.63, 3.8) is 0 Å². The van der Waals surface area contributed by atoms with Crippen LogP contribution in [0, 0.1) is 0 Å². The summed E-state index contributed by atoms with van der Waals surface area (Å²) in [5.41, 5.74) is 7.09. The van der Waals surface area contributed by atoms with Crippen LogP contribution in [0.3, 0.4) is 0 Å². The Kier molecular flexibility index (Phi) is 7.87. The second-order valence-corrected chi connectivity index (χ2v) is 4.94. The number of ether oxygens (including phenoxy) is 2. The van der Waals surface area contributed by atoms with E-state index in [1.165, 1.54) is 0 Å². The van der Waals surface area contributed by atoms with E-state index < -0.39 is 0 Å². The average Bonchev–Trinajstić information content (AvgIpc) is 2.40. The SMILES string of the molecule is CCOCCCOc1ccc(CC(N)CC)cc1Cl. The normalized spacial score (nSPS) is 12.4. The first-order valence-electron chi connectivity index (χ1n) is 6.91. The van der Waals surface area contributed by atoms with Crippen molar-refractivity contribution in [2.45, 2.75) is 39.2 Å². The van der Waals surface area contributed by atoms with E-state index >= 15 is 0 Å². The smallest absolute Gasteiger partial charge is 0.137 e. The molecule has 1 unspecified atom stereocenters. The Bertz CT molecular complexity index is 371. The van der Waals surface area contributed by atoms with Gasteiger partial charge in [-0.05, 0) is 37.5 Å². The zero-order valence-corrected chi connectivity index (χ0v) is 12.6. The summed E-state index contributed by atoms with van der Waals surface area (Å²) in [7, 11) is 0. The molecule has 0 aromatic heterocycles. The van der Waals surface area contributed by atoms with Gasteiger partial charge in [0.15, 0.2) is 0 Å². The minimum absolute atomic E-state index is 0.189. The van der Waals surface area contributed by atoms with Crippen LogP contribution in [0.4, 0.5) is 0 Å². The molecule has 1 rings (SSSR count). The molecule has 0 heterocycles. The largest absolute Gasteiger partial charge is 0.492 e. The minimum atomic E-state index is 0.189. The minimum Gasteiger partial charge on any atom is -0.492 e. The Labute approximate surface area is 121 Å². The summed E-state index contributed by atoms with van der Waals surface area (Å²) < 4.78 is 10.9. The lowest BCUT2D eigenvalue weighted by Crippen LogP contribution is -2.21. The van der Waals surface area contributed by atoms with Crippen LogP contribution in [0.2, 0.25) is 5.02 Å². The third-order valence-corrected chi connectivity index (χ3v) is 3.21. The molecule has 19 heavy (non-hydrogen) atoms. The maximum absolute atomic E-state index is 6.20. The lowest BCUT2D eigenvalue weighted by atomic mass is 10.0. The Morgan fingerprint density at radius 3 is 2.68 bits per heavy atom. The summed E-state index contributed by atoms with van der Waals surface area (Å²) >= 11 is 6.20. The number of benzene rings is 1. The number of rotatable bonds is 9. The Morgan fingerprint density at radius 2 is 2.05 bits per heavy atom. The number of nitrogens with two attached hydrogens (primary N) is 1. The van der Waals surface area contributed by atoms with E-state index in [1.807, 2.05) is 25.1 Å². The van der Waals surface area contributed by atoms with Crippen LogP contribution in [-0.2, 0) is 11.2 Å². The fourth-order valence-electron chi connectivity index (χ4n) is 1.72. The van der Waals surface area contributed by atoms with E-state index in [0.717, 1.165) is 43.8 Å². The van der Waals surface area contributed by atoms with Crippen molar-refractivity contribution in [2.24, 2.45) is 5.73 Å². The Balaban J connectivity index is 2.43. The highest BCUT2D eigenvalue weighted by molar-refractivity contribution is 6.32. The van der Waals surface area contributed by atoms with Gasteiger partial charge in [0.25, 0.3) is 0 Å². The van der Waals surface area contributed by atoms with Gasteiger partial charge in [0.1, 0.15) is 5.75 Å². The molecule has 4 heteroatoms. The predicted molar refractivity (Wildman–Crippen MR) is 80.0 cm³/mol. The zero-order chi connectivity index (χ0) is 14.1. The van der Waals surface area contributed by atoms with Gasteiger partial charge in [0.05, 0.1) is 11.6 Å². The second-order valence-electron chi connectivity index (χ2n) is 4.54. The highest BCUT2D eigenvalue weighted by Gasteiger charge is 2.06. The molecule has 1 atom stereocenters. The number of hydrogen-bond donors (Lipinski definition) is 1. The molecule has 0 bridgehead atoms. The van der Waals surface area contributed by atoms with Crippen LogP contribution in [0.15, 0.2) is 18.2 Å². The van der Waals surface area contributed by atoms with Crippen LogP contribution < -0.4 is 10.5 Å². The van der Waals surface area contributed by atoms with Crippen LogP contribution in [0.5, 0.6) is 5.75 Å². The van der Waals surface area contributed by atoms with E-state index in [2.05, 4.69) is 6.92 Å². The van der Waals surface area contributed by atoms with Crippen molar-refractivity contribution >= 4 is 11.6 Å². The first-order valence-corrected chi connectivity index (χ1v) is 7.29. The lowest BCUT2D eigenvalue weighted by Gasteiger charge is -2.12. The van der Waals surface area contributed by atoms with Crippen molar-refractivity contribution in [1.29, 1.82) is 0 Å². The molecule has 2 N–H and O–H groups in total. The average molecular weight is 286 g/mol. The summed E-state index contributed by atoms with van der Waals surface area (Å²) in [6.45, 7) is 6.15. The number of hydrogen-bond acceptors (Lipinski definition) is 3. The second kappa shape index (κ2) is 9.18. The molecular formula is C15H24ClNO2. The molecule has 0 aliphatic carbocycles. The highest BCUT2D eigenvalue weighted by atomic mass is 35.5. The molecule has 0 radical (unpaired) electrons. The zero-order valence-electron chi connectivity index (χ0n) is 11.8. The third-order valence-electron chi connectivity index (χ3n) is 2.91. The first-order chi connectivity index (χ1) is 9.17. The third kappa shape index (κ3) is 6.28. The van der Waals surface area contributed by atoms with Gasteiger partial charge in [-0.15, -0.1) is 0 Å². The maximum Gasteiger partial charge on any atom is 0.137 e. The van der Waals surface area contributed by atoms with E-state index in [4.69, 9.17) is 26.8 Å². The van der Waals surface area contributed by atoms with Gasteiger partial charge >= 0.3 is 0 Å². The molecule has 108 valence electrons. The summed E-state index contributed by atoms with van der Waals surface area (Å²) in [5.74, 6) is 0.729. The molecule has 0 saturated heterocycles. The summed E-state index contributed by atoms with van der Waals surface area (Å²) in [4.78, 5) is 0. The summed E-state index contributed by atoms with van der Waals surface area (Å²) in [6, 6.07) is 6.07. The Hall–Kier alpha value is -0.770. The predicted octanol–water partition coefficient (Wildman–Crippen LogP) is 3.43.